The van der Waals surface area contributed by atoms with E-state index >= 15 is 0 Å². The SMILES string of the molecule is CC.CC.CC.CC.CC.CC.CC.CC(C)(C)n1cncn1.CC1CSCN1.Cc1ccc(-c2cnoc2)cc1.Cc1ccc(-n2cn[nH]c2=O)cc1.Cc1ccc2ccccc2c1.Cc1cccc2ccccc12.Cc1cccc2cccnc12. The molecule has 12 heteroatoms. The van der Waals surface area contributed by atoms with Crippen LogP contribution < -0.4 is 11.0 Å². The molecule has 1 atom stereocenters. The Kier molecular flexibility index (Phi) is 46.9. The maximum atomic E-state index is 11.1. The lowest BCUT2D eigenvalue weighted by atomic mass is 10.1. The number of hydrogen-bond donors (Lipinski definition) is 2. The van der Waals surface area contributed by atoms with Crippen LogP contribution in [0.15, 0.2) is 211 Å². The van der Waals surface area contributed by atoms with Gasteiger partial charge in [0.15, 0.2) is 0 Å². The van der Waals surface area contributed by atoms with Crippen molar-refractivity contribution in [2.24, 2.45) is 0 Å². The van der Waals surface area contributed by atoms with Crippen molar-refractivity contribution < 1.29 is 4.52 Å². The molecular weight excluding hydrogens is 1090 g/mol. The van der Waals surface area contributed by atoms with Crippen LogP contribution in [0.4, 0.5) is 0 Å². The van der Waals surface area contributed by atoms with Gasteiger partial charge in [-0.05, 0) is 119 Å². The number of nitrogens with one attached hydrogen (secondary N) is 2. The third-order valence-corrected chi connectivity index (χ3v) is 12.5. The highest BCUT2D eigenvalue weighted by Crippen LogP contribution is 2.20. The predicted molar refractivity (Wildman–Crippen MR) is 384 cm³/mol. The van der Waals surface area contributed by atoms with E-state index in [0.29, 0.717) is 0 Å². The number of benzene rings is 7. The normalized spacial score (nSPS) is 10.9. The number of aryl methyl sites for hydroxylation is 5. The molecule has 1 saturated heterocycles. The molecule has 87 heavy (non-hydrogen) atoms. The van der Waals surface area contributed by atoms with Crippen molar-refractivity contribution in [2.45, 2.75) is 171 Å². The molecule has 4 aromatic heterocycles. The summed E-state index contributed by atoms with van der Waals surface area (Å²) in [4.78, 5) is 19.3. The molecule has 0 saturated carbocycles. The minimum atomic E-state index is -0.219. The van der Waals surface area contributed by atoms with Crippen LogP contribution in [-0.4, -0.2) is 57.3 Å². The maximum absolute atomic E-state index is 11.1. The van der Waals surface area contributed by atoms with E-state index in [1.165, 1.54) is 71.4 Å². The first-order valence-electron chi connectivity index (χ1n) is 31.3. The smallest absolute Gasteiger partial charge is 0.347 e. The van der Waals surface area contributed by atoms with E-state index in [2.05, 4.69) is 225 Å². The molecule has 1 aliphatic heterocycles. The van der Waals surface area contributed by atoms with Gasteiger partial charge in [-0.1, -0.05) is 264 Å². The van der Waals surface area contributed by atoms with E-state index in [1.807, 2.05) is 157 Å². The Balaban J connectivity index is 0. The molecule has 11 aromatic rings. The van der Waals surface area contributed by atoms with Gasteiger partial charge in [-0.15, -0.1) is 11.8 Å². The standard InChI is InChI=1S/2C11H10.C10H9NO.C10H9N.C9H9N3O.C6H11N3.C4H9NS.7C2H6/c1-9-5-4-7-10-6-2-3-8-11(9)10;1-9-6-7-10-4-2-3-5-11(10)8-9;1-8-2-4-9(5-3-8)10-6-11-12-7-10;1-8-4-2-5-9-6-3-7-11-10(8)9;1-7-2-4-8(5-3-7)12-6-10-11-9(12)13;1-6(2,3)9-5-7-4-8-9;1-4-2-6-3-5-4;7*1-2/h2*2-8H,1H3;2-7H,1H3;2-7H,1H3;2-6H,1H3,(H,11,13);4-5H,1-3H3;4-5H,2-3H2,1H3;7*1-2H3. The third-order valence-electron chi connectivity index (χ3n) is 11.4. The number of pyridine rings is 1. The second-order valence-corrected chi connectivity index (χ2v) is 19.6. The lowest BCUT2D eigenvalue weighted by Crippen LogP contribution is -2.21. The number of thioether (sulfide) groups is 1. The highest BCUT2D eigenvalue weighted by molar-refractivity contribution is 7.99. The Morgan fingerprint density at radius 3 is 1.55 bits per heavy atom. The third kappa shape index (κ3) is 31.9. The van der Waals surface area contributed by atoms with Crippen molar-refractivity contribution in [1.29, 1.82) is 0 Å². The van der Waals surface area contributed by atoms with Crippen molar-refractivity contribution >= 4 is 44.2 Å². The molecule has 0 aliphatic carbocycles. The lowest BCUT2D eigenvalue weighted by Gasteiger charge is -2.17. The van der Waals surface area contributed by atoms with Gasteiger partial charge in [-0.25, -0.2) is 24.1 Å². The molecule has 2 N–H and O–H groups in total. The molecule has 1 aliphatic rings. The lowest BCUT2D eigenvalue weighted by molar-refractivity contribution is 0.354. The summed E-state index contributed by atoms with van der Waals surface area (Å²) in [5.74, 6) is 2.45. The molecular formula is C75H109N9O2S. The van der Waals surface area contributed by atoms with Crippen LogP contribution in [0.3, 0.4) is 0 Å². The number of aromatic amines is 1. The minimum absolute atomic E-state index is 0.0660. The van der Waals surface area contributed by atoms with Crippen LogP contribution in [0.1, 0.15) is 152 Å². The summed E-state index contributed by atoms with van der Waals surface area (Å²) in [5, 5.41) is 23.4. The van der Waals surface area contributed by atoms with Crippen molar-refractivity contribution in [2.75, 3.05) is 11.6 Å². The molecule has 11 nitrogen and oxygen atoms in total. The Labute approximate surface area is 529 Å². The molecule has 1 unspecified atom stereocenters. The van der Waals surface area contributed by atoms with Crippen LogP contribution in [0.2, 0.25) is 0 Å². The summed E-state index contributed by atoms with van der Waals surface area (Å²) in [7, 11) is 0. The fourth-order valence-electron chi connectivity index (χ4n) is 7.23. The van der Waals surface area contributed by atoms with Gasteiger partial charge in [-0.2, -0.15) is 10.2 Å². The van der Waals surface area contributed by atoms with E-state index in [0.717, 1.165) is 34.2 Å². The van der Waals surface area contributed by atoms with Gasteiger partial charge in [0.25, 0.3) is 0 Å². The Morgan fingerprint density at radius 2 is 1.08 bits per heavy atom. The predicted octanol–water partition coefficient (Wildman–Crippen LogP) is 21.2. The van der Waals surface area contributed by atoms with Crippen molar-refractivity contribution in [3.8, 4) is 16.8 Å². The summed E-state index contributed by atoms with van der Waals surface area (Å²) in [6.07, 6.45) is 9.92. The monoisotopic (exact) mass is 1200 g/mol. The fraction of sp³-hybridized carbons (Fsp3) is 0.360. The highest BCUT2D eigenvalue weighted by atomic mass is 32.2. The van der Waals surface area contributed by atoms with Gasteiger partial charge >= 0.3 is 5.69 Å². The second kappa shape index (κ2) is 50.2. The zero-order valence-corrected chi connectivity index (χ0v) is 58.2. The zero-order valence-electron chi connectivity index (χ0n) is 57.4. The van der Waals surface area contributed by atoms with Crippen LogP contribution >= 0.6 is 11.8 Å². The van der Waals surface area contributed by atoms with E-state index in [1.54, 1.807) is 25.1 Å². The number of rotatable bonds is 2. The van der Waals surface area contributed by atoms with E-state index in [9.17, 15) is 4.79 Å². The number of aromatic nitrogens is 8. The Hall–Kier alpha value is -7.93. The maximum Gasteiger partial charge on any atom is 0.347 e. The van der Waals surface area contributed by atoms with Crippen LogP contribution in [0, 0.1) is 34.6 Å². The van der Waals surface area contributed by atoms with Crippen LogP contribution in [0.5, 0.6) is 0 Å². The van der Waals surface area contributed by atoms with Gasteiger partial charge in [0, 0.05) is 34.8 Å². The largest absolute Gasteiger partial charge is 0.364 e. The van der Waals surface area contributed by atoms with Gasteiger partial charge in [0.05, 0.1) is 22.9 Å². The van der Waals surface area contributed by atoms with Crippen LogP contribution in [-0.2, 0) is 5.54 Å². The molecule has 0 spiro atoms. The summed E-state index contributed by atoms with van der Waals surface area (Å²) in [6.45, 7) is 46.9. The first-order valence-corrected chi connectivity index (χ1v) is 32.4. The summed E-state index contributed by atoms with van der Waals surface area (Å²) >= 11 is 1.97. The number of para-hydroxylation sites is 1. The molecule has 0 bridgehead atoms. The van der Waals surface area contributed by atoms with E-state index < -0.39 is 0 Å². The Morgan fingerprint density at radius 1 is 0.552 bits per heavy atom. The van der Waals surface area contributed by atoms with Gasteiger partial charge in [-0.3, -0.25) is 4.98 Å². The van der Waals surface area contributed by atoms with Crippen molar-refractivity contribution in [1.82, 2.24) is 45.0 Å². The number of nitrogens with zero attached hydrogens (tertiary/aromatic N) is 7. The molecule has 5 heterocycles. The minimum Gasteiger partial charge on any atom is -0.364 e. The number of hydrogen-bond acceptors (Lipinski definition) is 9. The summed E-state index contributed by atoms with van der Waals surface area (Å²) in [5.41, 5.74) is 10.3. The van der Waals surface area contributed by atoms with Crippen molar-refractivity contribution in [3.63, 3.8) is 0 Å². The molecule has 472 valence electrons. The first kappa shape index (κ1) is 81.1. The second-order valence-electron chi connectivity index (χ2n) is 18.6. The average molecular weight is 1200 g/mol. The van der Waals surface area contributed by atoms with Gasteiger partial charge in [0.1, 0.15) is 25.2 Å². The quantitative estimate of drug-likeness (QED) is 0.174. The first-order chi connectivity index (χ1) is 42.2. The highest BCUT2D eigenvalue weighted by Gasteiger charge is 2.12. The van der Waals surface area contributed by atoms with Crippen molar-refractivity contribution in [3.05, 3.63) is 240 Å². The van der Waals surface area contributed by atoms with E-state index in [-0.39, 0.29) is 11.2 Å². The molecule has 1 fully saturated rings. The number of fused-ring (bicyclic) bond motifs is 3. The molecule has 0 radical (unpaired) electrons. The average Bonchev–Trinajstić information content (AvgIpc) is 4.24. The molecule has 12 rings (SSSR count). The molecule has 0 amide bonds. The van der Waals surface area contributed by atoms with Gasteiger partial charge in [0.2, 0.25) is 0 Å². The van der Waals surface area contributed by atoms with Gasteiger partial charge < -0.3 is 9.84 Å². The van der Waals surface area contributed by atoms with E-state index in [4.69, 9.17) is 4.52 Å². The topological polar surface area (TPSA) is 132 Å². The number of H-pyrrole nitrogens is 1. The Bertz CT molecular complexity index is 3280. The molecule has 7 aromatic carbocycles. The van der Waals surface area contributed by atoms with Crippen LogP contribution in [0.25, 0.3) is 49.3 Å². The summed E-state index contributed by atoms with van der Waals surface area (Å²) < 4.78 is 8.03. The zero-order chi connectivity index (χ0) is 66.0. The summed E-state index contributed by atoms with van der Waals surface area (Å²) in [6, 6.07) is 56.7. The fourth-order valence-corrected chi connectivity index (χ4v) is 8.23.